The predicted octanol–water partition coefficient (Wildman–Crippen LogP) is 3.08. The topological polar surface area (TPSA) is 84.9 Å². The van der Waals surface area contributed by atoms with Crippen molar-refractivity contribution in [2.45, 2.75) is 19.4 Å². The van der Waals surface area contributed by atoms with Gasteiger partial charge in [-0.05, 0) is 18.6 Å². The van der Waals surface area contributed by atoms with Gasteiger partial charge in [0.25, 0.3) is 0 Å². The Labute approximate surface area is 162 Å². The lowest BCUT2D eigenvalue weighted by Crippen LogP contribution is -2.25. The van der Waals surface area contributed by atoms with E-state index in [2.05, 4.69) is 43.7 Å². The van der Waals surface area contributed by atoms with Gasteiger partial charge in [0, 0.05) is 18.7 Å². The molecule has 0 spiro atoms. The number of rotatable bonds is 5. The Morgan fingerprint density at radius 3 is 3.04 bits per heavy atom. The lowest BCUT2D eigenvalue weighted by Gasteiger charge is -2.22. The van der Waals surface area contributed by atoms with Gasteiger partial charge in [0.1, 0.15) is 5.82 Å². The minimum atomic E-state index is -0.372. The van der Waals surface area contributed by atoms with Crippen LogP contribution in [0.15, 0.2) is 37.2 Å². The summed E-state index contributed by atoms with van der Waals surface area (Å²) in [4.78, 5) is 10.7. The van der Waals surface area contributed by atoms with E-state index in [-0.39, 0.29) is 5.82 Å². The molecule has 28 heavy (non-hydrogen) atoms. The number of hydrogen-bond donors (Lipinski definition) is 2. The molecule has 4 rings (SSSR count). The summed E-state index contributed by atoms with van der Waals surface area (Å²) in [7, 11) is 0. The quantitative estimate of drug-likeness (QED) is 0.525. The Morgan fingerprint density at radius 2 is 2.21 bits per heavy atom. The number of nitrogen functional groups attached to an aromatic ring is 1. The zero-order valence-corrected chi connectivity index (χ0v) is 15.3. The second-order valence-electron chi connectivity index (χ2n) is 6.47. The Morgan fingerprint density at radius 1 is 1.32 bits per heavy atom. The number of aromatic nitrogens is 4. The number of fused-ring (bicyclic) bond motifs is 1. The van der Waals surface area contributed by atoms with Gasteiger partial charge in [0.15, 0.2) is 5.82 Å². The van der Waals surface area contributed by atoms with E-state index in [1.165, 1.54) is 12.3 Å². The van der Waals surface area contributed by atoms with Crippen LogP contribution in [-0.4, -0.2) is 32.8 Å². The average molecular weight is 377 g/mol. The number of nitrogens with zero attached hydrogens (tertiary/aromatic N) is 5. The molecule has 1 aliphatic rings. The number of anilines is 4. The van der Waals surface area contributed by atoms with Gasteiger partial charge in [0.2, 0.25) is 5.95 Å². The van der Waals surface area contributed by atoms with Crippen molar-refractivity contribution in [2.24, 2.45) is 0 Å². The fourth-order valence-corrected chi connectivity index (χ4v) is 3.18. The highest BCUT2D eigenvalue weighted by Gasteiger charge is 2.14. The van der Waals surface area contributed by atoms with E-state index in [1.807, 2.05) is 0 Å². The van der Waals surface area contributed by atoms with Gasteiger partial charge < -0.3 is 16.0 Å². The molecule has 8 heteroatoms. The van der Waals surface area contributed by atoms with Crippen molar-refractivity contribution in [3.05, 3.63) is 43.0 Å². The molecule has 0 saturated carbocycles. The molecule has 3 N–H and O–H groups in total. The van der Waals surface area contributed by atoms with Gasteiger partial charge in [0.05, 0.1) is 42.1 Å². The standard InChI is InChI=1S/C20H20FN7/c1-2-7-28-17-11-14(10-16(21)15(17)12-24-28)25-20-23-13-18(19(22)26-20)27-8-5-3-4-6-9-27/h2,10-13H,1,3,5,7-9H2,(H3,22,23,25,26). The van der Waals surface area contributed by atoms with Gasteiger partial charge in [-0.2, -0.15) is 10.1 Å². The summed E-state index contributed by atoms with van der Waals surface area (Å²) >= 11 is 0. The average Bonchev–Trinajstić information content (AvgIpc) is 2.89. The lowest BCUT2D eigenvalue weighted by molar-refractivity contribution is 0.640. The number of nitrogens with one attached hydrogen (secondary N) is 1. The molecule has 0 unspecified atom stereocenters. The monoisotopic (exact) mass is 377 g/mol. The van der Waals surface area contributed by atoms with E-state index in [0.717, 1.165) is 25.1 Å². The minimum Gasteiger partial charge on any atom is -0.382 e. The van der Waals surface area contributed by atoms with Crippen LogP contribution in [0.25, 0.3) is 10.9 Å². The molecule has 0 bridgehead atoms. The number of nitrogens with two attached hydrogens (primary N) is 1. The zero-order chi connectivity index (χ0) is 19.5. The molecular weight excluding hydrogens is 357 g/mol. The first kappa shape index (κ1) is 17.8. The first-order valence-electron chi connectivity index (χ1n) is 9.02. The molecule has 0 saturated heterocycles. The molecule has 7 nitrogen and oxygen atoms in total. The molecule has 0 atom stereocenters. The Bertz CT molecular complexity index is 1090. The van der Waals surface area contributed by atoms with E-state index in [9.17, 15) is 4.39 Å². The summed E-state index contributed by atoms with van der Waals surface area (Å²) in [6.45, 7) is 5.64. The molecule has 1 aromatic carbocycles. The number of hydrogen-bond acceptors (Lipinski definition) is 6. The highest BCUT2D eigenvalue weighted by atomic mass is 19.1. The molecule has 0 amide bonds. The van der Waals surface area contributed by atoms with Gasteiger partial charge >= 0.3 is 0 Å². The number of benzene rings is 1. The third-order valence-corrected chi connectivity index (χ3v) is 4.53. The molecule has 0 aliphatic carbocycles. The Kier molecular flexibility index (Phi) is 4.81. The highest BCUT2D eigenvalue weighted by molar-refractivity contribution is 5.84. The minimum absolute atomic E-state index is 0.302. The summed E-state index contributed by atoms with van der Waals surface area (Å²) in [6, 6.07) is 3.19. The van der Waals surface area contributed by atoms with Crippen LogP contribution in [0.5, 0.6) is 0 Å². The molecule has 3 aromatic rings. The van der Waals surface area contributed by atoms with Crippen LogP contribution in [0, 0.1) is 17.7 Å². The largest absolute Gasteiger partial charge is 0.382 e. The smallest absolute Gasteiger partial charge is 0.229 e. The van der Waals surface area contributed by atoms with Gasteiger partial charge in [-0.1, -0.05) is 12.0 Å². The second kappa shape index (κ2) is 7.56. The lowest BCUT2D eigenvalue weighted by atomic mass is 10.2. The van der Waals surface area contributed by atoms with Crippen molar-refractivity contribution in [3.63, 3.8) is 0 Å². The van der Waals surface area contributed by atoms with Crippen molar-refractivity contribution in [3.8, 4) is 11.8 Å². The predicted molar refractivity (Wildman–Crippen MR) is 109 cm³/mol. The summed E-state index contributed by atoms with van der Waals surface area (Å²) in [5.74, 6) is 6.50. The summed E-state index contributed by atoms with van der Waals surface area (Å²) in [5.41, 5.74) is 8.08. The van der Waals surface area contributed by atoms with E-state index in [1.54, 1.807) is 23.0 Å². The fraction of sp³-hybridized carbons (Fsp3) is 0.250. The van der Waals surface area contributed by atoms with Crippen LogP contribution in [0.3, 0.4) is 0 Å². The second-order valence-corrected chi connectivity index (χ2v) is 6.47. The van der Waals surface area contributed by atoms with Crippen LogP contribution >= 0.6 is 0 Å². The summed E-state index contributed by atoms with van der Waals surface area (Å²) in [5, 5.41) is 7.66. The maximum Gasteiger partial charge on any atom is 0.229 e. The third-order valence-electron chi connectivity index (χ3n) is 4.53. The zero-order valence-electron chi connectivity index (χ0n) is 15.3. The van der Waals surface area contributed by atoms with Crippen LogP contribution in [0.2, 0.25) is 0 Å². The maximum atomic E-state index is 14.4. The molecular formula is C20H20FN7. The van der Waals surface area contributed by atoms with Crippen LogP contribution in [0.4, 0.5) is 27.5 Å². The Hall–Kier alpha value is -3.60. The van der Waals surface area contributed by atoms with Crippen molar-refractivity contribution in [2.75, 3.05) is 29.0 Å². The number of allylic oxidation sites excluding steroid dienone is 1. The van der Waals surface area contributed by atoms with Crippen molar-refractivity contribution in [1.82, 2.24) is 19.7 Å². The van der Waals surface area contributed by atoms with Crippen LogP contribution in [0.1, 0.15) is 12.8 Å². The van der Waals surface area contributed by atoms with Crippen molar-refractivity contribution in [1.29, 1.82) is 0 Å². The normalized spacial score (nSPS) is 13.7. The Balaban J connectivity index is 1.60. The fourth-order valence-electron chi connectivity index (χ4n) is 3.18. The first-order chi connectivity index (χ1) is 13.7. The molecule has 0 fully saturated rings. The maximum absolute atomic E-state index is 14.4. The van der Waals surface area contributed by atoms with E-state index < -0.39 is 0 Å². The van der Waals surface area contributed by atoms with Gasteiger partial charge in [-0.3, -0.25) is 4.68 Å². The van der Waals surface area contributed by atoms with E-state index in [0.29, 0.717) is 41.4 Å². The summed E-state index contributed by atoms with van der Waals surface area (Å²) in [6.07, 6.45) is 6.75. The van der Waals surface area contributed by atoms with Crippen molar-refractivity contribution >= 4 is 34.0 Å². The molecule has 3 heterocycles. The van der Waals surface area contributed by atoms with Gasteiger partial charge in [-0.15, -0.1) is 12.5 Å². The molecule has 2 aromatic heterocycles. The summed E-state index contributed by atoms with van der Waals surface area (Å²) < 4.78 is 16.1. The van der Waals surface area contributed by atoms with Crippen LogP contribution < -0.4 is 16.0 Å². The highest BCUT2D eigenvalue weighted by Crippen LogP contribution is 2.27. The molecule has 1 aliphatic heterocycles. The molecule has 0 radical (unpaired) electrons. The first-order valence-corrected chi connectivity index (χ1v) is 9.02. The number of halogens is 1. The van der Waals surface area contributed by atoms with Crippen LogP contribution in [-0.2, 0) is 6.54 Å². The molecule has 142 valence electrons. The van der Waals surface area contributed by atoms with E-state index >= 15 is 0 Å². The SMILES string of the molecule is C=CCn1ncc2c(F)cc(Nc3ncc(N4CC#CCCC4)c(N)n3)cc21. The van der Waals surface area contributed by atoms with Crippen molar-refractivity contribution < 1.29 is 4.39 Å². The van der Waals surface area contributed by atoms with Gasteiger partial charge in [-0.25, -0.2) is 9.37 Å². The van der Waals surface area contributed by atoms with E-state index in [4.69, 9.17) is 5.73 Å². The third kappa shape index (κ3) is 3.47.